The molecular weight excluding hydrogens is 294 g/mol. The Morgan fingerprint density at radius 2 is 2.10 bits per heavy atom. The van der Waals surface area contributed by atoms with Crippen LogP contribution in [0.4, 0.5) is 0 Å². The molecule has 0 unspecified atom stereocenters. The van der Waals surface area contributed by atoms with Crippen molar-refractivity contribution in [1.82, 2.24) is 5.32 Å². The second-order valence-corrected chi connectivity index (χ2v) is 5.46. The summed E-state index contributed by atoms with van der Waals surface area (Å²) >= 11 is 5.56. The lowest BCUT2D eigenvalue weighted by Crippen LogP contribution is -2.22. The minimum absolute atomic E-state index is 0.117. The summed E-state index contributed by atoms with van der Waals surface area (Å²) in [5, 5.41) is 4.68. The van der Waals surface area contributed by atoms with Crippen LogP contribution in [0.5, 0.6) is 11.5 Å². The molecular formula is C14H15NO3S2. The topological polar surface area (TPSA) is 47.6 Å². The molecule has 4 nitrogen and oxygen atoms in total. The number of thiophene rings is 1. The van der Waals surface area contributed by atoms with Crippen LogP contribution in [-0.2, 0) is 6.54 Å². The van der Waals surface area contributed by atoms with Crippen LogP contribution >= 0.6 is 24.0 Å². The maximum absolute atomic E-state index is 12.0. The molecule has 0 bridgehead atoms. The maximum atomic E-state index is 12.0. The standard InChI is InChI=1S/C14H15NO3S2/c1-17-10-4-3-9(12(5-10)18-2)7-15-14(16)13-6-11(19)8-20-13/h3-6,8,19H,7H2,1-2H3,(H,15,16). The summed E-state index contributed by atoms with van der Waals surface area (Å²) in [7, 11) is 3.19. The van der Waals surface area contributed by atoms with E-state index in [-0.39, 0.29) is 5.91 Å². The van der Waals surface area contributed by atoms with Gasteiger partial charge in [-0.2, -0.15) is 0 Å². The number of hydrogen-bond donors (Lipinski definition) is 2. The van der Waals surface area contributed by atoms with Crippen LogP contribution in [-0.4, -0.2) is 20.1 Å². The van der Waals surface area contributed by atoms with Crippen molar-refractivity contribution in [2.24, 2.45) is 0 Å². The van der Waals surface area contributed by atoms with Crippen LogP contribution in [0.3, 0.4) is 0 Å². The Kier molecular flexibility index (Phi) is 4.92. The molecule has 2 aromatic rings. The summed E-state index contributed by atoms with van der Waals surface area (Å²) in [4.78, 5) is 13.4. The van der Waals surface area contributed by atoms with Crippen molar-refractivity contribution in [2.75, 3.05) is 14.2 Å². The minimum Gasteiger partial charge on any atom is -0.497 e. The average molecular weight is 309 g/mol. The third kappa shape index (κ3) is 3.46. The third-order valence-electron chi connectivity index (χ3n) is 2.74. The van der Waals surface area contributed by atoms with Gasteiger partial charge in [-0.15, -0.1) is 24.0 Å². The van der Waals surface area contributed by atoms with Gasteiger partial charge >= 0.3 is 0 Å². The molecule has 1 aromatic carbocycles. The quantitative estimate of drug-likeness (QED) is 0.835. The highest BCUT2D eigenvalue weighted by Gasteiger charge is 2.10. The number of carbonyl (C=O) groups excluding carboxylic acids is 1. The van der Waals surface area contributed by atoms with E-state index in [1.54, 1.807) is 26.4 Å². The van der Waals surface area contributed by atoms with Gasteiger partial charge in [-0.3, -0.25) is 4.79 Å². The lowest BCUT2D eigenvalue weighted by Gasteiger charge is -2.11. The highest BCUT2D eigenvalue weighted by molar-refractivity contribution is 7.80. The Morgan fingerprint density at radius 3 is 2.70 bits per heavy atom. The fourth-order valence-corrected chi connectivity index (χ4v) is 2.77. The van der Waals surface area contributed by atoms with Crippen LogP contribution < -0.4 is 14.8 Å². The van der Waals surface area contributed by atoms with Crippen LogP contribution in [0.15, 0.2) is 34.5 Å². The number of carbonyl (C=O) groups is 1. The predicted octanol–water partition coefficient (Wildman–Crippen LogP) is 2.98. The molecule has 0 saturated carbocycles. The van der Waals surface area contributed by atoms with Crippen LogP contribution in [0.1, 0.15) is 15.2 Å². The number of rotatable bonds is 5. The van der Waals surface area contributed by atoms with Gasteiger partial charge in [0, 0.05) is 28.5 Å². The fourth-order valence-electron chi connectivity index (χ4n) is 1.71. The Hall–Kier alpha value is -1.66. The number of methoxy groups -OCH3 is 2. The molecule has 1 N–H and O–H groups in total. The highest BCUT2D eigenvalue weighted by Crippen LogP contribution is 2.24. The van der Waals surface area contributed by atoms with Gasteiger partial charge < -0.3 is 14.8 Å². The van der Waals surface area contributed by atoms with Gasteiger partial charge in [0.15, 0.2) is 0 Å². The Balaban J connectivity index is 2.05. The molecule has 1 amide bonds. The number of amides is 1. The van der Waals surface area contributed by atoms with Crippen LogP contribution in [0.25, 0.3) is 0 Å². The van der Waals surface area contributed by atoms with Crippen molar-refractivity contribution >= 4 is 29.9 Å². The Bertz CT molecular complexity index is 610. The zero-order valence-electron chi connectivity index (χ0n) is 11.2. The molecule has 0 aliphatic heterocycles. The molecule has 0 fully saturated rings. The summed E-state index contributed by atoms with van der Waals surface area (Å²) in [5.41, 5.74) is 0.893. The Morgan fingerprint density at radius 1 is 1.30 bits per heavy atom. The fraction of sp³-hybridized carbons (Fsp3) is 0.214. The van der Waals surface area contributed by atoms with E-state index in [4.69, 9.17) is 9.47 Å². The number of hydrogen-bond acceptors (Lipinski definition) is 5. The number of thiol groups is 1. The molecule has 0 saturated heterocycles. The van der Waals surface area contributed by atoms with Gasteiger partial charge in [0.1, 0.15) is 11.5 Å². The zero-order valence-corrected chi connectivity index (χ0v) is 12.9. The predicted molar refractivity (Wildman–Crippen MR) is 82.3 cm³/mol. The van der Waals surface area contributed by atoms with Gasteiger partial charge in [0.25, 0.3) is 5.91 Å². The van der Waals surface area contributed by atoms with E-state index in [9.17, 15) is 4.79 Å². The second kappa shape index (κ2) is 6.67. The summed E-state index contributed by atoms with van der Waals surface area (Å²) in [6.45, 7) is 0.395. The normalized spacial score (nSPS) is 10.2. The molecule has 0 spiro atoms. The summed E-state index contributed by atoms with van der Waals surface area (Å²) in [5.74, 6) is 1.29. The first-order valence-electron chi connectivity index (χ1n) is 5.90. The molecule has 1 aromatic heterocycles. The second-order valence-electron chi connectivity index (χ2n) is 4.03. The van der Waals surface area contributed by atoms with Gasteiger partial charge in [0.05, 0.1) is 19.1 Å². The number of ether oxygens (including phenoxy) is 2. The van der Waals surface area contributed by atoms with E-state index in [1.165, 1.54) is 11.3 Å². The monoisotopic (exact) mass is 309 g/mol. The van der Waals surface area contributed by atoms with Gasteiger partial charge in [-0.05, 0) is 18.2 Å². The highest BCUT2D eigenvalue weighted by atomic mass is 32.1. The number of nitrogens with one attached hydrogen (secondary N) is 1. The molecule has 1 heterocycles. The molecule has 0 aliphatic rings. The largest absolute Gasteiger partial charge is 0.497 e. The molecule has 20 heavy (non-hydrogen) atoms. The van der Waals surface area contributed by atoms with Crippen molar-refractivity contribution in [3.8, 4) is 11.5 Å². The van der Waals surface area contributed by atoms with Crippen LogP contribution in [0.2, 0.25) is 0 Å². The maximum Gasteiger partial charge on any atom is 0.261 e. The first-order valence-corrected chi connectivity index (χ1v) is 7.23. The molecule has 2 rings (SSSR count). The van der Waals surface area contributed by atoms with Gasteiger partial charge in [-0.25, -0.2) is 0 Å². The van der Waals surface area contributed by atoms with E-state index in [0.29, 0.717) is 17.2 Å². The minimum atomic E-state index is -0.117. The lowest BCUT2D eigenvalue weighted by molar-refractivity contribution is 0.0954. The van der Waals surface area contributed by atoms with Crippen molar-refractivity contribution in [3.05, 3.63) is 40.1 Å². The molecule has 6 heteroatoms. The first-order chi connectivity index (χ1) is 9.63. The van der Waals surface area contributed by atoms with Gasteiger partial charge in [-0.1, -0.05) is 0 Å². The summed E-state index contributed by atoms with van der Waals surface area (Å²) < 4.78 is 10.4. The SMILES string of the molecule is COc1ccc(CNC(=O)c2cc(S)cs2)c(OC)c1. The average Bonchev–Trinajstić information content (AvgIpc) is 2.91. The lowest BCUT2D eigenvalue weighted by atomic mass is 10.2. The van der Waals surface area contributed by atoms with E-state index in [0.717, 1.165) is 16.2 Å². The molecule has 106 valence electrons. The zero-order chi connectivity index (χ0) is 14.5. The summed E-state index contributed by atoms with van der Waals surface area (Å²) in [6, 6.07) is 7.24. The Labute approximate surface area is 127 Å². The van der Waals surface area contributed by atoms with Crippen molar-refractivity contribution in [1.29, 1.82) is 0 Å². The molecule has 0 atom stereocenters. The van der Waals surface area contributed by atoms with Crippen LogP contribution in [0, 0.1) is 0 Å². The van der Waals surface area contributed by atoms with E-state index >= 15 is 0 Å². The van der Waals surface area contributed by atoms with Gasteiger partial charge in [0.2, 0.25) is 0 Å². The van der Waals surface area contributed by atoms with Crippen molar-refractivity contribution in [3.63, 3.8) is 0 Å². The van der Waals surface area contributed by atoms with Crippen molar-refractivity contribution in [2.45, 2.75) is 11.4 Å². The smallest absolute Gasteiger partial charge is 0.261 e. The summed E-state index contributed by atoms with van der Waals surface area (Å²) in [6.07, 6.45) is 0. The molecule has 0 radical (unpaired) electrons. The van der Waals surface area contributed by atoms with E-state index in [2.05, 4.69) is 17.9 Å². The third-order valence-corrected chi connectivity index (χ3v) is 4.10. The van der Waals surface area contributed by atoms with E-state index in [1.807, 2.05) is 17.5 Å². The number of benzene rings is 1. The first kappa shape index (κ1) is 14.7. The van der Waals surface area contributed by atoms with E-state index < -0.39 is 0 Å². The molecule has 0 aliphatic carbocycles. The van der Waals surface area contributed by atoms with Crippen molar-refractivity contribution < 1.29 is 14.3 Å².